The summed E-state index contributed by atoms with van der Waals surface area (Å²) in [5, 5.41) is 0. The van der Waals surface area contributed by atoms with Gasteiger partial charge in [-0.1, -0.05) is 0 Å². The van der Waals surface area contributed by atoms with Gasteiger partial charge in [0.15, 0.2) is 5.78 Å². The van der Waals surface area contributed by atoms with Gasteiger partial charge in [0.2, 0.25) is 0 Å². The first-order chi connectivity index (χ1) is 8.50. The van der Waals surface area contributed by atoms with E-state index in [4.69, 9.17) is 0 Å². The molecule has 0 unspecified atom stereocenters. The average molecular weight is 247 g/mol. The van der Waals surface area contributed by atoms with Crippen molar-refractivity contribution in [1.82, 2.24) is 13.7 Å². The van der Waals surface area contributed by atoms with Gasteiger partial charge in [0.25, 0.3) is 0 Å². The van der Waals surface area contributed by atoms with Crippen molar-refractivity contribution in [2.75, 3.05) is 0 Å². The molecule has 2 aromatic heterocycles. The summed E-state index contributed by atoms with van der Waals surface area (Å²) < 4.78 is 4.81. The molecule has 2 heterocycles. The van der Waals surface area contributed by atoms with Gasteiger partial charge in [0.05, 0.1) is 12.2 Å². The molecule has 0 atom stereocenters. The van der Waals surface area contributed by atoms with E-state index in [9.17, 15) is 9.59 Å². The Kier molecular flexibility index (Phi) is 3.23. The van der Waals surface area contributed by atoms with Gasteiger partial charge in [-0.3, -0.25) is 13.9 Å². The van der Waals surface area contributed by atoms with Crippen LogP contribution in [0.3, 0.4) is 0 Å². The molecule has 0 bridgehead atoms. The Morgan fingerprint density at radius 1 is 1.28 bits per heavy atom. The predicted octanol–water partition coefficient (Wildman–Crippen LogP) is 1.45. The van der Waals surface area contributed by atoms with Crippen LogP contribution in [0.5, 0.6) is 0 Å². The third kappa shape index (κ3) is 2.16. The molecule has 0 amide bonds. The quantitative estimate of drug-likeness (QED) is 0.768. The van der Waals surface area contributed by atoms with Crippen molar-refractivity contribution in [3.8, 4) is 0 Å². The molecule has 0 aliphatic heterocycles. The van der Waals surface area contributed by atoms with E-state index in [0.717, 1.165) is 0 Å². The van der Waals surface area contributed by atoms with Crippen molar-refractivity contribution in [3.05, 3.63) is 46.9 Å². The Hall–Kier alpha value is -2.04. The van der Waals surface area contributed by atoms with Gasteiger partial charge < -0.3 is 4.57 Å². The maximum absolute atomic E-state index is 12.0. The lowest BCUT2D eigenvalue weighted by atomic mass is 10.3. The van der Waals surface area contributed by atoms with E-state index in [1.165, 1.54) is 4.57 Å². The van der Waals surface area contributed by atoms with Gasteiger partial charge in [-0.05, 0) is 26.0 Å². The molecule has 0 spiro atoms. The monoisotopic (exact) mass is 247 g/mol. The zero-order valence-electron chi connectivity index (χ0n) is 10.8. The number of rotatable bonds is 4. The number of Topliss-reactive ketones (excluding diaryl/α,β-unsaturated/α-hetero) is 1. The summed E-state index contributed by atoms with van der Waals surface area (Å²) in [5.74, 6) is -0.0638. The maximum Gasteiger partial charge on any atom is 0.328 e. The normalized spacial score (nSPS) is 11.1. The van der Waals surface area contributed by atoms with Gasteiger partial charge in [0.1, 0.15) is 0 Å². The van der Waals surface area contributed by atoms with E-state index < -0.39 is 0 Å². The maximum atomic E-state index is 12.0. The van der Waals surface area contributed by atoms with E-state index in [1.807, 2.05) is 33.2 Å². The van der Waals surface area contributed by atoms with Crippen molar-refractivity contribution in [1.29, 1.82) is 0 Å². The number of hydrogen-bond donors (Lipinski definition) is 0. The molecule has 5 nitrogen and oxygen atoms in total. The first kappa shape index (κ1) is 12.4. The molecular weight excluding hydrogens is 230 g/mol. The molecule has 0 aliphatic rings. The summed E-state index contributed by atoms with van der Waals surface area (Å²) in [6.07, 6.45) is 5.18. The van der Waals surface area contributed by atoms with Crippen LogP contribution in [0.4, 0.5) is 0 Å². The van der Waals surface area contributed by atoms with Crippen LogP contribution in [0.25, 0.3) is 0 Å². The van der Waals surface area contributed by atoms with Crippen LogP contribution in [0.2, 0.25) is 0 Å². The van der Waals surface area contributed by atoms with Gasteiger partial charge in [-0.15, -0.1) is 0 Å². The zero-order chi connectivity index (χ0) is 13.3. The number of imidazole rings is 1. The lowest BCUT2D eigenvalue weighted by molar-refractivity contribution is 0.0962. The Bertz CT molecular complexity index is 616. The highest BCUT2D eigenvalue weighted by molar-refractivity contribution is 5.94. The topological polar surface area (TPSA) is 48.9 Å². The van der Waals surface area contributed by atoms with E-state index in [0.29, 0.717) is 5.69 Å². The summed E-state index contributed by atoms with van der Waals surface area (Å²) in [6.45, 7) is 3.95. The van der Waals surface area contributed by atoms with Gasteiger partial charge in [-0.2, -0.15) is 0 Å². The second kappa shape index (κ2) is 4.68. The second-order valence-electron chi connectivity index (χ2n) is 4.64. The Balaban J connectivity index is 2.23. The van der Waals surface area contributed by atoms with Crippen molar-refractivity contribution in [2.24, 2.45) is 7.05 Å². The highest BCUT2D eigenvalue weighted by atomic mass is 16.2. The van der Waals surface area contributed by atoms with Crippen LogP contribution < -0.4 is 5.69 Å². The van der Waals surface area contributed by atoms with Crippen LogP contribution in [0.15, 0.2) is 35.5 Å². The van der Waals surface area contributed by atoms with E-state index in [1.54, 1.807) is 27.6 Å². The molecule has 2 aromatic rings. The second-order valence-corrected chi connectivity index (χ2v) is 4.64. The van der Waals surface area contributed by atoms with Crippen LogP contribution in [0.1, 0.15) is 30.4 Å². The standard InChI is InChI=1S/C13H17N3O2/c1-10(2)16-8-7-15(13(16)18)9-12(17)11-5-4-6-14(11)3/h4-8,10H,9H2,1-3H3. The Morgan fingerprint density at radius 3 is 2.50 bits per heavy atom. The minimum absolute atomic E-state index is 0.0638. The van der Waals surface area contributed by atoms with Crippen molar-refractivity contribution < 1.29 is 4.79 Å². The lowest BCUT2D eigenvalue weighted by Crippen LogP contribution is -2.28. The number of ketones is 1. The summed E-state index contributed by atoms with van der Waals surface area (Å²) >= 11 is 0. The van der Waals surface area contributed by atoms with Gasteiger partial charge in [-0.25, -0.2) is 4.79 Å². The molecular formula is C13H17N3O2. The fourth-order valence-electron chi connectivity index (χ4n) is 1.93. The van der Waals surface area contributed by atoms with E-state index >= 15 is 0 Å². The molecule has 0 aromatic carbocycles. The van der Waals surface area contributed by atoms with Crippen molar-refractivity contribution in [2.45, 2.75) is 26.4 Å². The number of nitrogens with zero attached hydrogens (tertiary/aromatic N) is 3. The largest absolute Gasteiger partial charge is 0.348 e. The molecule has 0 saturated heterocycles. The first-order valence-corrected chi connectivity index (χ1v) is 5.92. The number of carbonyl (C=O) groups excluding carboxylic acids is 1. The fourth-order valence-corrected chi connectivity index (χ4v) is 1.93. The summed E-state index contributed by atoms with van der Waals surface area (Å²) in [6, 6.07) is 3.67. The van der Waals surface area contributed by atoms with Crippen molar-refractivity contribution in [3.63, 3.8) is 0 Å². The number of hydrogen-bond acceptors (Lipinski definition) is 2. The van der Waals surface area contributed by atoms with Gasteiger partial charge >= 0.3 is 5.69 Å². The summed E-state index contributed by atoms with van der Waals surface area (Å²) in [4.78, 5) is 24.0. The molecule has 96 valence electrons. The van der Waals surface area contributed by atoms with Crippen LogP contribution in [-0.4, -0.2) is 19.5 Å². The third-order valence-electron chi connectivity index (χ3n) is 2.97. The predicted molar refractivity (Wildman–Crippen MR) is 68.8 cm³/mol. The zero-order valence-corrected chi connectivity index (χ0v) is 10.8. The summed E-state index contributed by atoms with van der Waals surface area (Å²) in [5.41, 5.74) is 0.465. The number of aryl methyl sites for hydroxylation is 1. The van der Waals surface area contributed by atoms with Crippen LogP contribution >= 0.6 is 0 Å². The average Bonchev–Trinajstić information content (AvgIpc) is 2.86. The van der Waals surface area contributed by atoms with Gasteiger partial charge in [0, 0.05) is 31.7 Å². The molecule has 0 aliphatic carbocycles. The number of aromatic nitrogens is 3. The van der Waals surface area contributed by atoms with E-state index in [2.05, 4.69) is 0 Å². The number of carbonyl (C=O) groups is 1. The molecule has 0 N–H and O–H groups in total. The Labute approximate surface area is 105 Å². The minimum Gasteiger partial charge on any atom is -0.348 e. The first-order valence-electron chi connectivity index (χ1n) is 5.92. The fraction of sp³-hybridized carbons (Fsp3) is 0.385. The molecule has 0 saturated carbocycles. The third-order valence-corrected chi connectivity index (χ3v) is 2.97. The molecule has 18 heavy (non-hydrogen) atoms. The smallest absolute Gasteiger partial charge is 0.328 e. The SMILES string of the molecule is CC(C)n1ccn(CC(=O)c2cccn2C)c1=O. The molecule has 5 heteroatoms. The van der Waals surface area contributed by atoms with Crippen molar-refractivity contribution >= 4 is 5.78 Å². The highest BCUT2D eigenvalue weighted by Gasteiger charge is 2.13. The Morgan fingerprint density at radius 2 is 2.00 bits per heavy atom. The highest BCUT2D eigenvalue weighted by Crippen LogP contribution is 2.04. The van der Waals surface area contributed by atoms with Crippen LogP contribution in [-0.2, 0) is 13.6 Å². The minimum atomic E-state index is -0.146. The molecule has 0 fully saturated rings. The molecule has 0 radical (unpaired) electrons. The lowest BCUT2D eigenvalue weighted by Gasteiger charge is -2.05. The molecule has 2 rings (SSSR count). The summed E-state index contributed by atoms with van der Waals surface area (Å²) in [7, 11) is 1.81. The van der Waals surface area contributed by atoms with E-state index in [-0.39, 0.29) is 24.1 Å². The van der Waals surface area contributed by atoms with Crippen LogP contribution in [0, 0.1) is 0 Å².